The quantitative estimate of drug-likeness (QED) is 0.845. The van der Waals surface area contributed by atoms with E-state index in [1.165, 1.54) is 0 Å². The number of aryl methyl sites for hydroxylation is 1. The zero-order valence-corrected chi connectivity index (χ0v) is 9.86. The number of nitrogens with one attached hydrogen (secondary N) is 1. The topological polar surface area (TPSA) is 34.1 Å². The summed E-state index contributed by atoms with van der Waals surface area (Å²) in [6.45, 7) is 2.82. The van der Waals surface area contributed by atoms with Crippen molar-refractivity contribution in [2.24, 2.45) is 0 Å². The van der Waals surface area contributed by atoms with Crippen molar-refractivity contribution >= 4 is 0 Å². The van der Waals surface area contributed by atoms with E-state index in [0.717, 1.165) is 36.6 Å². The number of hydrogen-bond acceptors (Lipinski definition) is 3. The van der Waals surface area contributed by atoms with Crippen molar-refractivity contribution in [3.63, 3.8) is 0 Å². The second-order valence-electron chi connectivity index (χ2n) is 4.02. The number of ether oxygens (including phenoxy) is 1. The molecule has 0 radical (unpaired) electrons. The summed E-state index contributed by atoms with van der Waals surface area (Å²) < 4.78 is 5.68. The Labute approximate surface area is 96.5 Å². The van der Waals surface area contributed by atoms with Crippen molar-refractivity contribution in [1.82, 2.24) is 10.3 Å². The van der Waals surface area contributed by atoms with Crippen molar-refractivity contribution in [1.29, 1.82) is 0 Å². The average molecular weight is 218 g/mol. The molecule has 1 aliphatic rings. The van der Waals surface area contributed by atoms with Crippen LogP contribution < -0.4 is 5.32 Å². The van der Waals surface area contributed by atoms with Crippen LogP contribution in [0.4, 0.5) is 0 Å². The molecule has 3 heteroatoms. The van der Waals surface area contributed by atoms with Crippen LogP contribution in [0.5, 0.6) is 0 Å². The molecule has 1 aromatic heterocycles. The Morgan fingerprint density at radius 3 is 2.94 bits per heavy atom. The Hall–Kier alpha value is -1.35. The van der Waals surface area contributed by atoms with Crippen LogP contribution in [-0.2, 0) is 4.74 Å². The third kappa shape index (κ3) is 2.42. The Balaban J connectivity index is 2.25. The van der Waals surface area contributed by atoms with Gasteiger partial charge >= 0.3 is 0 Å². The first-order valence-corrected chi connectivity index (χ1v) is 5.75. The van der Waals surface area contributed by atoms with Crippen molar-refractivity contribution < 1.29 is 4.74 Å². The van der Waals surface area contributed by atoms with Gasteiger partial charge < -0.3 is 10.1 Å². The van der Waals surface area contributed by atoms with Gasteiger partial charge in [0.25, 0.3) is 0 Å². The first-order valence-electron chi connectivity index (χ1n) is 5.75. The SMILES string of the molecule is CNC(C1=CCCCO1)c1cccc(C)n1. The zero-order chi connectivity index (χ0) is 11.4. The minimum Gasteiger partial charge on any atom is -0.496 e. The summed E-state index contributed by atoms with van der Waals surface area (Å²) in [4.78, 5) is 4.54. The van der Waals surface area contributed by atoms with Crippen LogP contribution in [0.25, 0.3) is 0 Å². The van der Waals surface area contributed by atoms with Gasteiger partial charge in [-0.05, 0) is 45.0 Å². The molecule has 86 valence electrons. The minimum absolute atomic E-state index is 0.0835. The van der Waals surface area contributed by atoms with Gasteiger partial charge in [-0.25, -0.2) is 0 Å². The number of rotatable bonds is 3. The molecule has 0 spiro atoms. The molecule has 0 saturated carbocycles. The van der Waals surface area contributed by atoms with Gasteiger partial charge in [0.05, 0.1) is 12.3 Å². The average Bonchev–Trinajstić information content (AvgIpc) is 2.31. The van der Waals surface area contributed by atoms with E-state index in [2.05, 4.69) is 16.4 Å². The van der Waals surface area contributed by atoms with Crippen LogP contribution in [0.1, 0.15) is 30.3 Å². The molecule has 1 aromatic rings. The normalized spacial score (nSPS) is 17.5. The third-order valence-corrected chi connectivity index (χ3v) is 2.74. The maximum absolute atomic E-state index is 5.68. The van der Waals surface area contributed by atoms with Crippen LogP contribution in [0.3, 0.4) is 0 Å². The van der Waals surface area contributed by atoms with Gasteiger partial charge in [-0.15, -0.1) is 0 Å². The van der Waals surface area contributed by atoms with Crippen molar-refractivity contribution in [2.75, 3.05) is 13.7 Å². The standard InChI is InChI=1S/C13H18N2O/c1-10-6-5-7-11(15-10)13(14-2)12-8-3-4-9-16-12/h5-8,13-14H,3-4,9H2,1-2H3. The molecule has 0 bridgehead atoms. The Kier molecular flexibility index (Phi) is 3.57. The van der Waals surface area contributed by atoms with E-state index in [1.807, 2.05) is 32.2 Å². The highest BCUT2D eigenvalue weighted by Crippen LogP contribution is 2.24. The molecular formula is C13H18N2O. The number of likely N-dealkylation sites (N-methyl/N-ethyl adjacent to an activating group) is 1. The molecule has 0 saturated heterocycles. The number of nitrogens with zero attached hydrogens (tertiary/aromatic N) is 1. The van der Waals surface area contributed by atoms with Gasteiger partial charge in [0, 0.05) is 5.69 Å². The molecule has 0 aliphatic carbocycles. The lowest BCUT2D eigenvalue weighted by Crippen LogP contribution is -2.23. The van der Waals surface area contributed by atoms with E-state index in [0.29, 0.717) is 0 Å². The first-order chi connectivity index (χ1) is 7.81. The summed E-state index contributed by atoms with van der Waals surface area (Å²) in [6.07, 6.45) is 4.37. The molecule has 0 fully saturated rings. The number of pyridine rings is 1. The third-order valence-electron chi connectivity index (χ3n) is 2.74. The van der Waals surface area contributed by atoms with Crippen molar-refractivity contribution in [3.8, 4) is 0 Å². The minimum atomic E-state index is 0.0835. The Morgan fingerprint density at radius 2 is 2.31 bits per heavy atom. The summed E-state index contributed by atoms with van der Waals surface area (Å²) in [6, 6.07) is 6.16. The van der Waals surface area contributed by atoms with E-state index >= 15 is 0 Å². The highest BCUT2D eigenvalue weighted by Gasteiger charge is 2.19. The molecule has 1 unspecified atom stereocenters. The fourth-order valence-corrected chi connectivity index (χ4v) is 1.94. The van der Waals surface area contributed by atoms with Gasteiger partial charge in [0.2, 0.25) is 0 Å². The van der Waals surface area contributed by atoms with Gasteiger partial charge in [-0.3, -0.25) is 4.98 Å². The monoisotopic (exact) mass is 218 g/mol. The maximum atomic E-state index is 5.68. The van der Waals surface area contributed by atoms with Crippen LogP contribution in [0.15, 0.2) is 30.0 Å². The van der Waals surface area contributed by atoms with E-state index < -0.39 is 0 Å². The zero-order valence-electron chi connectivity index (χ0n) is 9.86. The molecule has 1 aliphatic heterocycles. The second-order valence-corrected chi connectivity index (χ2v) is 4.02. The van der Waals surface area contributed by atoms with E-state index in [4.69, 9.17) is 4.74 Å². The van der Waals surface area contributed by atoms with Crippen LogP contribution in [-0.4, -0.2) is 18.6 Å². The molecule has 2 heterocycles. The van der Waals surface area contributed by atoms with Crippen LogP contribution >= 0.6 is 0 Å². The Bertz CT molecular complexity index is 387. The second kappa shape index (κ2) is 5.12. The molecule has 1 atom stereocenters. The molecule has 0 aromatic carbocycles. The highest BCUT2D eigenvalue weighted by atomic mass is 16.5. The highest BCUT2D eigenvalue weighted by molar-refractivity contribution is 5.21. The summed E-state index contributed by atoms with van der Waals surface area (Å²) in [5.41, 5.74) is 2.06. The van der Waals surface area contributed by atoms with E-state index in [1.54, 1.807) is 0 Å². The van der Waals surface area contributed by atoms with Gasteiger partial charge in [0.1, 0.15) is 11.8 Å². The predicted octanol–water partition coefficient (Wildman–Crippen LogP) is 2.34. The fourth-order valence-electron chi connectivity index (χ4n) is 1.94. The lowest BCUT2D eigenvalue weighted by molar-refractivity contribution is 0.169. The molecule has 1 N–H and O–H groups in total. The summed E-state index contributed by atoms with van der Waals surface area (Å²) in [5, 5.41) is 3.26. The van der Waals surface area contributed by atoms with E-state index in [9.17, 15) is 0 Å². The maximum Gasteiger partial charge on any atom is 0.115 e. The Morgan fingerprint density at radius 1 is 1.44 bits per heavy atom. The number of hydrogen-bond donors (Lipinski definition) is 1. The van der Waals surface area contributed by atoms with Crippen molar-refractivity contribution in [2.45, 2.75) is 25.8 Å². The van der Waals surface area contributed by atoms with E-state index in [-0.39, 0.29) is 6.04 Å². The summed E-state index contributed by atoms with van der Waals surface area (Å²) >= 11 is 0. The lowest BCUT2D eigenvalue weighted by Gasteiger charge is -2.23. The number of aromatic nitrogens is 1. The number of allylic oxidation sites excluding steroid dienone is 1. The van der Waals surface area contributed by atoms with Gasteiger partial charge in [-0.2, -0.15) is 0 Å². The fraction of sp³-hybridized carbons (Fsp3) is 0.462. The summed E-state index contributed by atoms with van der Waals surface area (Å²) in [5.74, 6) is 1.01. The molecule has 16 heavy (non-hydrogen) atoms. The lowest BCUT2D eigenvalue weighted by atomic mass is 10.1. The molecule has 2 rings (SSSR count). The largest absolute Gasteiger partial charge is 0.496 e. The molecular weight excluding hydrogens is 200 g/mol. The first kappa shape index (κ1) is 11.1. The van der Waals surface area contributed by atoms with Crippen molar-refractivity contribution in [3.05, 3.63) is 41.4 Å². The molecule has 3 nitrogen and oxygen atoms in total. The smallest absolute Gasteiger partial charge is 0.115 e. The molecule has 0 amide bonds. The van der Waals surface area contributed by atoms with Gasteiger partial charge in [0.15, 0.2) is 0 Å². The van der Waals surface area contributed by atoms with Crippen LogP contribution in [0, 0.1) is 6.92 Å². The summed E-state index contributed by atoms with van der Waals surface area (Å²) in [7, 11) is 1.94. The van der Waals surface area contributed by atoms with Gasteiger partial charge in [-0.1, -0.05) is 6.07 Å². The van der Waals surface area contributed by atoms with Crippen LogP contribution in [0.2, 0.25) is 0 Å². The predicted molar refractivity (Wildman–Crippen MR) is 64.0 cm³/mol.